The molecule has 0 heterocycles. The predicted octanol–water partition coefficient (Wildman–Crippen LogP) is 2.45. The lowest BCUT2D eigenvalue weighted by atomic mass is 9.72. The fourth-order valence-electron chi connectivity index (χ4n) is 2.92. The first-order valence-corrected chi connectivity index (χ1v) is 7.89. The van der Waals surface area contributed by atoms with E-state index in [1.807, 2.05) is 42.5 Å². The third-order valence-corrected chi connectivity index (χ3v) is 4.70. The van der Waals surface area contributed by atoms with E-state index in [0.29, 0.717) is 12.1 Å². The fourth-order valence-corrected chi connectivity index (χ4v) is 3.26. The van der Waals surface area contributed by atoms with Crippen LogP contribution >= 0.6 is 11.6 Å². The third-order valence-electron chi connectivity index (χ3n) is 4.37. The van der Waals surface area contributed by atoms with E-state index in [-0.39, 0.29) is 11.5 Å². The highest BCUT2D eigenvalue weighted by molar-refractivity contribution is 6.58. The van der Waals surface area contributed by atoms with Crippen LogP contribution in [0.15, 0.2) is 71.3 Å². The maximum atomic E-state index is 9.12. The highest BCUT2D eigenvalue weighted by atomic mass is 35.5. The summed E-state index contributed by atoms with van der Waals surface area (Å²) in [5, 5.41) is 19.0. The summed E-state index contributed by atoms with van der Waals surface area (Å²) in [4.78, 5) is 0. The maximum Gasteiger partial charge on any atom is 0.488 e. The Bertz CT molecular complexity index is 703. The summed E-state index contributed by atoms with van der Waals surface area (Å²) >= 11 is 6.31. The van der Waals surface area contributed by atoms with Gasteiger partial charge in [0.15, 0.2) is 0 Å². The molecule has 0 radical (unpaired) electrons. The van der Waals surface area contributed by atoms with Crippen molar-refractivity contribution in [2.45, 2.75) is 19.6 Å². The van der Waals surface area contributed by atoms with Crippen molar-refractivity contribution in [3.05, 3.63) is 76.9 Å². The van der Waals surface area contributed by atoms with Crippen molar-refractivity contribution < 1.29 is 14.8 Å². The second-order valence-corrected chi connectivity index (χ2v) is 6.38. The quantitative estimate of drug-likeness (QED) is 0.835. The van der Waals surface area contributed by atoms with Crippen LogP contribution in [0.2, 0.25) is 0 Å². The zero-order valence-corrected chi connectivity index (χ0v) is 13.6. The van der Waals surface area contributed by atoms with Gasteiger partial charge in [-0.15, -0.1) is 0 Å². The summed E-state index contributed by atoms with van der Waals surface area (Å²) in [5.74, 6) is 0. The maximum absolute atomic E-state index is 9.12. The molecule has 3 nitrogen and oxygen atoms in total. The van der Waals surface area contributed by atoms with Crippen LogP contribution in [0.1, 0.15) is 12.5 Å². The smallest absolute Gasteiger partial charge is 0.423 e. The lowest BCUT2D eigenvalue weighted by Gasteiger charge is -2.38. The molecule has 0 aliphatic heterocycles. The summed E-state index contributed by atoms with van der Waals surface area (Å²) in [6, 6.07) is 7.05. The Kier molecular flexibility index (Phi) is 4.60. The van der Waals surface area contributed by atoms with Crippen molar-refractivity contribution in [1.29, 1.82) is 0 Å². The largest absolute Gasteiger partial charge is 0.488 e. The second-order valence-electron chi connectivity index (χ2n) is 5.97. The fraction of sp³-hybridized carbons (Fsp3) is 0.222. The van der Waals surface area contributed by atoms with Crippen molar-refractivity contribution in [2.75, 3.05) is 0 Å². The molecule has 0 fully saturated rings. The number of ether oxygens (including phenoxy) is 1. The van der Waals surface area contributed by atoms with Crippen LogP contribution in [0, 0.1) is 5.41 Å². The van der Waals surface area contributed by atoms with Gasteiger partial charge in [-0.1, -0.05) is 66.2 Å². The van der Waals surface area contributed by atoms with E-state index in [2.05, 4.69) is 13.0 Å². The second kappa shape index (κ2) is 6.50. The van der Waals surface area contributed by atoms with Crippen LogP contribution < -0.4 is 5.46 Å². The van der Waals surface area contributed by atoms with Gasteiger partial charge in [0, 0.05) is 10.4 Å². The number of hydrogen-bond donors (Lipinski definition) is 2. The lowest BCUT2D eigenvalue weighted by Crippen LogP contribution is -2.36. The molecule has 3 rings (SSSR count). The first-order chi connectivity index (χ1) is 11.0. The lowest BCUT2D eigenvalue weighted by molar-refractivity contribution is 0.0220. The highest BCUT2D eigenvalue weighted by Gasteiger charge is 2.38. The standard InChI is InChI=1S/C18H18BClO3/c1-18-11-3-2-4-15(18)16(20)9-10-17(18)23-12-13-5-7-14(8-6-13)19(21)22/h2-11,17,21-22H,12H2,1H3. The molecule has 23 heavy (non-hydrogen) atoms. The summed E-state index contributed by atoms with van der Waals surface area (Å²) in [6.45, 7) is 2.55. The average Bonchev–Trinajstić information content (AvgIpc) is 2.54. The molecular weight excluding hydrogens is 310 g/mol. The molecule has 5 heteroatoms. The molecule has 2 aliphatic carbocycles. The van der Waals surface area contributed by atoms with Crippen LogP contribution in [0.4, 0.5) is 0 Å². The molecule has 1 aromatic carbocycles. The molecule has 0 amide bonds. The SMILES string of the molecule is CC12C=CC=CC1=C(Cl)C=CC2OCc1ccc(B(O)O)cc1. The Balaban J connectivity index is 1.72. The van der Waals surface area contributed by atoms with E-state index < -0.39 is 7.12 Å². The van der Waals surface area contributed by atoms with Crippen molar-refractivity contribution in [2.24, 2.45) is 5.41 Å². The van der Waals surface area contributed by atoms with Gasteiger partial charge in [0.2, 0.25) is 0 Å². The number of rotatable bonds is 4. The minimum Gasteiger partial charge on any atom is -0.423 e. The normalized spacial score (nSPS) is 25.7. The van der Waals surface area contributed by atoms with Crippen molar-refractivity contribution >= 4 is 24.2 Å². The van der Waals surface area contributed by atoms with E-state index in [1.54, 1.807) is 12.1 Å². The average molecular weight is 329 g/mol. The molecule has 1 aromatic rings. The molecular formula is C18H18BClO3. The van der Waals surface area contributed by atoms with Gasteiger partial charge in [0.05, 0.1) is 12.7 Å². The third kappa shape index (κ3) is 3.21. The predicted molar refractivity (Wildman–Crippen MR) is 93.3 cm³/mol. The van der Waals surface area contributed by atoms with Crippen molar-refractivity contribution in [3.63, 3.8) is 0 Å². The van der Waals surface area contributed by atoms with Crippen molar-refractivity contribution in [3.8, 4) is 0 Å². The molecule has 118 valence electrons. The Morgan fingerprint density at radius 3 is 2.61 bits per heavy atom. The van der Waals surface area contributed by atoms with Gasteiger partial charge in [-0.25, -0.2) is 0 Å². The number of benzene rings is 1. The van der Waals surface area contributed by atoms with E-state index in [4.69, 9.17) is 26.4 Å². The summed E-state index contributed by atoms with van der Waals surface area (Å²) < 4.78 is 6.10. The van der Waals surface area contributed by atoms with Crippen LogP contribution in [0.5, 0.6) is 0 Å². The summed E-state index contributed by atoms with van der Waals surface area (Å²) in [7, 11) is -1.45. The zero-order chi connectivity index (χ0) is 16.4. The molecule has 2 atom stereocenters. The molecule has 0 saturated carbocycles. The Morgan fingerprint density at radius 1 is 1.17 bits per heavy atom. The Labute approximate surface area is 141 Å². The Hall–Kier alpha value is -1.59. The molecule has 0 spiro atoms. The molecule has 2 unspecified atom stereocenters. The van der Waals surface area contributed by atoms with E-state index in [1.165, 1.54) is 0 Å². The molecule has 0 saturated heterocycles. The zero-order valence-electron chi connectivity index (χ0n) is 12.8. The number of fused-ring (bicyclic) bond motifs is 1. The minimum absolute atomic E-state index is 0.107. The van der Waals surface area contributed by atoms with Gasteiger partial charge in [0.1, 0.15) is 0 Å². The number of hydrogen-bond acceptors (Lipinski definition) is 3. The number of halogens is 1. The Morgan fingerprint density at radius 2 is 1.91 bits per heavy atom. The molecule has 2 aliphatic rings. The van der Waals surface area contributed by atoms with Crippen LogP contribution in [0.25, 0.3) is 0 Å². The first kappa shape index (κ1) is 16.3. The van der Waals surface area contributed by atoms with E-state index in [9.17, 15) is 0 Å². The van der Waals surface area contributed by atoms with Gasteiger partial charge in [0.25, 0.3) is 0 Å². The molecule has 0 aromatic heterocycles. The first-order valence-electron chi connectivity index (χ1n) is 7.51. The number of allylic oxidation sites excluding steroid dienone is 5. The summed E-state index contributed by atoms with van der Waals surface area (Å²) in [6.07, 6.45) is 11.9. The van der Waals surface area contributed by atoms with Crippen LogP contribution in [-0.4, -0.2) is 23.3 Å². The molecule has 0 bridgehead atoms. The van der Waals surface area contributed by atoms with Crippen LogP contribution in [0.3, 0.4) is 0 Å². The van der Waals surface area contributed by atoms with Crippen molar-refractivity contribution in [1.82, 2.24) is 0 Å². The van der Waals surface area contributed by atoms with Gasteiger partial charge in [-0.2, -0.15) is 0 Å². The van der Waals surface area contributed by atoms with E-state index in [0.717, 1.165) is 16.2 Å². The topological polar surface area (TPSA) is 49.7 Å². The van der Waals surface area contributed by atoms with Gasteiger partial charge in [-0.05, 0) is 29.6 Å². The van der Waals surface area contributed by atoms with Gasteiger partial charge >= 0.3 is 7.12 Å². The van der Waals surface area contributed by atoms with Crippen LogP contribution in [-0.2, 0) is 11.3 Å². The summed E-state index contributed by atoms with van der Waals surface area (Å²) in [5.41, 5.74) is 2.23. The van der Waals surface area contributed by atoms with E-state index >= 15 is 0 Å². The van der Waals surface area contributed by atoms with Gasteiger partial charge in [-0.3, -0.25) is 0 Å². The monoisotopic (exact) mass is 328 g/mol. The van der Waals surface area contributed by atoms with Gasteiger partial charge < -0.3 is 14.8 Å². The highest BCUT2D eigenvalue weighted by Crippen LogP contribution is 2.44. The minimum atomic E-state index is -1.45. The molecule has 2 N–H and O–H groups in total.